The van der Waals surface area contributed by atoms with Crippen molar-refractivity contribution in [1.29, 1.82) is 0 Å². The van der Waals surface area contributed by atoms with Gasteiger partial charge in [-0.1, -0.05) is 6.07 Å². The summed E-state index contributed by atoms with van der Waals surface area (Å²) in [4.78, 5) is 23.1. The maximum Gasteiger partial charge on any atom is 0.418 e. The van der Waals surface area contributed by atoms with Gasteiger partial charge in [0.1, 0.15) is 24.1 Å². The topological polar surface area (TPSA) is 80.3 Å². The molecule has 0 bridgehead atoms. The zero-order valence-electron chi connectivity index (χ0n) is 19.4. The van der Waals surface area contributed by atoms with E-state index in [9.17, 15) is 18.0 Å². The second-order valence-corrected chi connectivity index (χ2v) is 9.16. The number of nitrogens with two attached hydrogens (primary N) is 1. The molecule has 0 amide bonds. The van der Waals surface area contributed by atoms with Crippen LogP contribution < -0.4 is 10.6 Å². The first-order valence-corrected chi connectivity index (χ1v) is 11.7. The summed E-state index contributed by atoms with van der Waals surface area (Å²) in [5, 5.41) is 0.564. The Balaban J connectivity index is 1.70. The van der Waals surface area contributed by atoms with Gasteiger partial charge in [0.15, 0.2) is 0 Å². The quantitative estimate of drug-likeness (QED) is 0.429. The van der Waals surface area contributed by atoms with Gasteiger partial charge < -0.3 is 20.1 Å². The highest BCUT2D eigenvalue weighted by Crippen LogP contribution is 2.45. The van der Waals surface area contributed by atoms with Crippen molar-refractivity contribution < 1.29 is 18.0 Å². The molecule has 5 rings (SSSR count). The van der Waals surface area contributed by atoms with Gasteiger partial charge in [-0.15, -0.1) is 0 Å². The normalized spacial score (nSPS) is 18.9. The molecule has 1 atom stereocenters. The number of fused-ring (bicyclic) bond motifs is 1. The van der Waals surface area contributed by atoms with Crippen LogP contribution in [0, 0.1) is 0 Å². The van der Waals surface area contributed by atoms with Gasteiger partial charge in [0.2, 0.25) is 0 Å². The second kappa shape index (κ2) is 8.90. The summed E-state index contributed by atoms with van der Waals surface area (Å²) < 4.78 is 44.6. The van der Waals surface area contributed by atoms with E-state index >= 15 is 0 Å². The summed E-state index contributed by atoms with van der Waals surface area (Å²) in [7, 11) is 1.86. The average Bonchev–Trinajstić information content (AvgIpc) is 3.57. The Labute approximate surface area is 201 Å². The second-order valence-electron chi connectivity index (χ2n) is 9.16. The van der Waals surface area contributed by atoms with Crippen molar-refractivity contribution >= 4 is 28.8 Å². The van der Waals surface area contributed by atoms with Crippen molar-refractivity contribution in [3.8, 4) is 11.1 Å². The van der Waals surface area contributed by atoms with E-state index in [1.54, 1.807) is 18.3 Å². The molecule has 184 valence electrons. The van der Waals surface area contributed by atoms with E-state index in [0.717, 1.165) is 37.8 Å². The highest BCUT2D eigenvalue weighted by molar-refractivity contribution is 6.03. The number of benzene rings is 1. The molecular weight excluding hydrogens is 457 g/mol. The van der Waals surface area contributed by atoms with Crippen molar-refractivity contribution in [2.45, 2.75) is 31.4 Å². The van der Waals surface area contributed by atoms with Gasteiger partial charge in [0.25, 0.3) is 0 Å². The molecule has 0 saturated carbocycles. The molecule has 4 heterocycles. The number of rotatable bonds is 5. The molecule has 1 aromatic carbocycles. The highest BCUT2D eigenvalue weighted by atomic mass is 19.4. The Kier molecular flexibility index (Phi) is 5.90. The standard InChI is InChI=1S/C25H27F3N6O/c1-32-22(17-7-11-33(14-17)8-4-12-35)20(21-23(29)30-15-31-24(21)32)16-5-6-19(34-9-2-3-10-34)18(13-16)25(26,27)28/h4-6,8,12-13,15,17H,2-3,7,9-11,14H2,1H3,(H2,29,30,31)/t17-/m0/s1. The van der Waals surface area contributed by atoms with Crippen LogP contribution in [0.3, 0.4) is 0 Å². The van der Waals surface area contributed by atoms with E-state index in [4.69, 9.17) is 5.73 Å². The summed E-state index contributed by atoms with van der Waals surface area (Å²) >= 11 is 0. The molecule has 2 saturated heterocycles. The summed E-state index contributed by atoms with van der Waals surface area (Å²) in [6, 6.07) is 4.59. The third-order valence-corrected chi connectivity index (χ3v) is 7.06. The number of alkyl halides is 3. The van der Waals surface area contributed by atoms with E-state index in [-0.39, 0.29) is 17.4 Å². The van der Waals surface area contributed by atoms with Crippen molar-refractivity contribution in [2.75, 3.05) is 36.8 Å². The largest absolute Gasteiger partial charge is 0.418 e. The monoisotopic (exact) mass is 484 g/mol. The molecule has 2 aromatic heterocycles. The number of carbonyl (C=O) groups is 1. The Bertz CT molecular complexity index is 1290. The molecular formula is C25H27F3N6O. The van der Waals surface area contributed by atoms with Crippen molar-refractivity contribution in [1.82, 2.24) is 19.4 Å². The van der Waals surface area contributed by atoms with E-state index in [1.165, 1.54) is 18.5 Å². The first-order valence-electron chi connectivity index (χ1n) is 11.7. The molecule has 3 aromatic rings. The minimum atomic E-state index is -4.50. The lowest BCUT2D eigenvalue weighted by atomic mass is 9.93. The number of hydrogen-bond donors (Lipinski definition) is 1. The van der Waals surface area contributed by atoms with Gasteiger partial charge in [0, 0.05) is 62.3 Å². The van der Waals surface area contributed by atoms with Crippen LogP contribution in [0.1, 0.15) is 36.4 Å². The summed E-state index contributed by atoms with van der Waals surface area (Å²) in [6.45, 7) is 2.61. The SMILES string of the molecule is Cn1c([C@H]2CCN(C=CC=O)C2)c(-c2ccc(N3CCCC3)c(C(F)(F)F)c2)c2c(N)ncnc21. The first-order chi connectivity index (χ1) is 16.8. The van der Waals surface area contributed by atoms with Crippen LogP contribution in [-0.4, -0.2) is 51.9 Å². The van der Waals surface area contributed by atoms with Crippen LogP contribution in [0.25, 0.3) is 22.2 Å². The van der Waals surface area contributed by atoms with Crippen LogP contribution in [0.4, 0.5) is 24.7 Å². The van der Waals surface area contributed by atoms with Crippen LogP contribution in [-0.2, 0) is 18.0 Å². The number of carbonyl (C=O) groups excluding carboxylic acids is 1. The number of halogens is 3. The Morgan fingerprint density at radius 3 is 2.63 bits per heavy atom. The molecule has 0 unspecified atom stereocenters. The number of nitrogens with zero attached hydrogens (tertiary/aromatic N) is 5. The Morgan fingerprint density at radius 2 is 1.91 bits per heavy atom. The number of anilines is 2. The zero-order chi connectivity index (χ0) is 24.7. The number of allylic oxidation sites excluding steroid dienone is 1. The average molecular weight is 485 g/mol. The lowest BCUT2D eigenvalue weighted by molar-refractivity contribution is -0.137. The van der Waals surface area contributed by atoms with E-state index < -0.39 is 11.7 Å². The minimum absolute atomic E-state index is 0.0208. The van der Waals surface area contributed by atoms with Crippen LogP contribution in [0.2, 0.25) is 0 Å². The molecule has 10 heteroatoms. The van der Waals surface area contributed by atoms with Crippen molar-refractivity contribution in [3.05, 3.63) is 48.1 Å². The highest BCUT2D eigenvalue weighted by Gasteiger charge is 2.37. The van der Waals surface area contributed by atoms with Gasteiger partial charge in [0.05, 0.1) is 10.9 Å². The van der Waals surface area contributed by atoms with E-state index in [1.807, 2.05) is 21.4 Å². The smallest absolute Gasteiger partial charge is 0.383 e. The fourth-order valence-corrected chi connectivity index (χ4v) is 5.52. The molecule has 0 radical (unpaired) electrons. The maximum atomic E-state index is 14.2. The third kappa shape index (κ3) is 4.11. The lowest BCUT2D eigenvalue weighted by Gasteiger charge is -2.24. The van der Waals surface area contributed by atoms with E-state index in [2.05, 4.69) is 9.97 Å². The third-order valence-electron chi connectivity index (χ3n) is 7.06. The Morgan fingerprint density at radius 1 is 1.14 bits per heavy atom. The maximum absolute atomic E-state index is 14.2. The van der Waals surface area contributed by atoms with Crippen LogP contribution in [0.15, 0.2) is 36.8 Å². The zero-order valence-corrected chi connectivity index (χ0v) is 19.4. The molecule has 7 nitrogen and oxygen atoms in total. The lowest BCUT2D eigenvalue weighted by Crippen LogP contribution is -2.22. The molecule has 2 fully saturated rings. The van der Waals surface area contributed by atoms with Crippen molar-refractivity contribution in [2.24, 2.45) is 7.05 Å². The number of aldehydes is 1. The predicted molar refractivity (Wildman–Crippen MR) is 129 cm³/mol. The number of aromatic nitrogens is 3. The van der Waals surface area contributed by atoms with Gasteiger partial charge in [-0.3, -0.25) is 4.79 Å². The van der Waals surface area contributed by atoms with Gasteiger partial charge in [-0.05, 0) is 43.0 Å². The summed E-state index contributed by atoms with van der Waals surface area (Å²) in [5.74, 6) is 0.257. The fourth-order valence-electron chi connectivity index (χ4n) is 5.52. The number of likely N-dealkylation sites (tertiary alicyclic amines) is 1. The predicted octanol–water partition coefficient (Wildman–Crippen LogP) is 4.34. The minimum Gasteiger partial charge on any atom is -0.383 e. The van der Waals surface area contributed by atoms with Gasteiger partial charge in [-0.25, -0.2) is 9.97 Å². The molecule has 0 aliphatic carbocycles. The summed E-state index contributed by atoms with van der Waals surface area (Å²) in [5.41, 5.74) is 8.39. The fraction of sp³-hybridized carbons (Fsp3) is 0.400. The number of aryl methyl sites for hydroxylation is 1. The van der Waals surface area contributed by atoms with Gasteiger partial charge in [-0.2, -0.15) is 13.2 Å². The van der Waals surface area contributed by atoms with Gasteiger partial charge >= 0.3 is 6.18 Å². The molecule has 2 aliphatic heterocycles. The molecule has 0 spiro atoms. The van der Waals surface area contributed by atoms with Crippen LogP contribution >= 0.6 is 0 Å². The molecule has 35 heavy (non-hydrogen) atoms. The van der Waals surface area contributed by atoms with Crippen LogP contribution in [0.5, 0.6) is 0 Å². The molecule has 2 N–H and O–H groups in total. The number of nitrogen functional groups attached to an aromatic ring is 1. The van der Waals surface area contributed by atoms with E-state index in [0.29, 0.717) is 41.8 Å². The summed E-state index contributed by atoms with van der Waals surface area (Å²) in [6.07, 6.45) is 3.35. The number of hydrogen-bond acceptors (Lipinski definition) is 6. The first kappa shape index (κ1) is 23.2. The Hall–Kier alpha value is -3.56. The van der Waals surface area contributed by atoms with Crippen molar-refractivity contribution in [3.63, 3.8) is 0 Å². The molecule has 2 aliphatic rings.